The first kappa shape index (κ1) is 24.4. The number of hydrogen-bond donors (Lipinski definition) is 2. The minimum absolute atomic E-state index is 0.196. The molecular weight excluding hydrogens is 354 g/mol. The van der Waals surface area contributed by atoms with Crippen LogP contribution in [0.3, 0.4) is 0 Å². The summed E-state index contributed by atoms with van der Waals surface area (Å²) in [6.07, 6.45) is 17.8. The number of esters is 1. The number of carbonyl (C=O) groups excluding carboxylic acids is 2. The molecule has 1 aliphatic rings. The van der Waals surface area contributed by atoms with Crippen molar-refractivity contribution < 1.29 is 19.4 Å². The molecule has 0 aromatic carbocycles. The molecule has 0 aliphatic heterocycles. The van der Waals surface area contributed by atoms with Crippen molar-refractivity contribution in [3.05, 3.63) is 24.3 Å². The van der Waals surface area contributed by atoms with E-state index in [1.165, 1.54) is 64.4 Å². The van der Waals surface area contributed by atoms with Gasteiger partial charge in [0.1, 0.15) is 0 Å². The number of ether oxygens (including phenoxy) is 1. The molecule has 1 rings (SSSR count). The van der Waals surface area contributed by atoms with E-state index >= 15 is 0 Å². The van der Waals surface area contributed by atoms with Gasteiger partial charge in [0.2, 0.25) is 5.91 Å². The number of allylic oxidation sites excluding steroid dienone is 3. The smallest absolute Gasteiger partial charge is 0.331 e. The third-order valence-corrected chi connectivity index (χ3v) is 5.05. The van der Waals surface area contributed by atoms with Crippen LogP contribution in [0.5, 0.6) is 0 Å². The van der Waals surface area contributed by atoms with E-state index in [-0.39, 0.29) is 12.5 Å². The van der Waals surface area contributed by atoms with Crippen LogP contribution >= 0.6 is 0 Å². The average molecular weight is 394 g/mol. The Morgan fingerprint density at radius 1 is 1.11 bits per heavy atom. The van der Waals surface area contributed by atoms with Gasteiger partial charge in [-0.3, -0.25) is 4.79 Å². The lowest BCUT2D eigenvalue weighted by molar-refractivity contribution is -0.151. The van der Waals surface area contributed by atoms with Crippen molar-refractivity contribution in [2.24, 2.45) is 11.8 Å². The molecule has 1 amide bonds. The SMILES string of the molecule is CC(C)COC(=O)[C@@H](NC(=O)/C=C/C=C/CCCCCC1CCCC1)[C@@H](C)O. The zero-order chi connectivity index (χ0) is 20.8. The Morgan fingerprint density at radius 2 is 1.82 bits per heavy atom. The fourth-order valence-corrected chi connectivity index (χ4v) is 3.41. The van der Waals surface area contributed by atoms with Gasteiger partial charge in [0.05, 0.1) is 12.7 Å². The van der Waals surface area contributed by atoms with E-state index in [0.717, 1.165) is 12.3 Å². The van der Waals surface area contributed by atoms with Gasteiger partial charge >= 0.3 is 5.97 Å². The molecule has 1 aliphatic carbocycles. The first-order valence-electron chi connectivity index (χ1n) is 10.9. The third-order valence-electron chi connectivity index (χ3n) is 5.05. The Bertz CT molecular complexity index is 505. The van der Waals surface area contributed by atoms with Gasteiger partial charge in [0.25, 0.3) is 0 Å². The lowest BCUT2D eigenvalue weighted by Crippen LogP contribution is -2.48. The molecule has 28 heavy (non-hydrogen) atoms. The molecule has 1 fully saturated rings. The van der Waals surface area contributed by atoms with Crippen LogP contribution in [0.1, 0.15) is 78.6 Å². The zero-order valence-electron chi connectivity index (χ0n) is 17.9. The van der Waals surface area contributed by atoms with Crippen LogP contribution in [0.25, 0.3) is 0 Å². The summed E-state index contributed by atoms with van der Waals surface area (Å²) in [6.45, 7) is 5.57. The monoisotopic (exact) mass is 393 g/mol. The summed E-state index contributed by atoms with van der Waals surface area (Å²) in [5.41, 5.74) is 0. The van der Waals surface area contributed by atoms with E-state index in [2.05, 4.69) is 11.4 Å². The first-order valence-corrected chi connectivity index (χ1v) is 10.9. The summed E-state index contributed by atoms with van der Waals surface area (Å²) in [7, 11) is 0. The normalized spacial score (nSPS) is 17.5. The van der Waals surface area contributed by atoms with Gasteiger partial charge in [0.15, 0.2) is 6.04 Å². The summed E-state index contributed by atoms with van der Waals surface area (Å²) in [4.78, 5) is 23.9. The largest absolute Gasteiger partial charge is 0.464 e. The molecular formula is C23H39NO4. The highest BCUT2D eigenvalue weighted by atomic mass is 16.5. The number of aliphatic hydroxyl groups is 1. The fourth-order valence-electron chi connectivity index (χ4n) is 3.41. The van der Waals surface area contributed by atoms with Crippen molar-refractivity contribution >= 4 is 11.9 Å². The molecule has 0 unspecified atom stereocenters. The first-order chi connectivity index (χ1) is 13.4. The number of aliphatic hydroxyl groups excluding tert-OH is 1. The Kier molecular flexibility index (Phi) is 12.5. The maximum atomic E-state index is 12.0. The molecule has 2 atom stereocenters. The summed E-state index contributed by atoms with van der Waals surface area (Å²) < 4.78 is 5.10. The number of unbranched alkanes of at least 4 members (excludes halogenated alkanes) is 3. The number of amides is 1. The van der Waals surface area contributed by atoms with Gasteiger partial charge in [-0.15, -0.1) is 0 Å². The van der Waals surface area contributed by atoms with E-state index < -0.39 is 24.0 Å². The second-order valence-electron chi connectivity index (χ2n) is 8.33. The summed E-state index contributed by atoms with van der Waals surface area (Å²) in [5.74, 6) is 0.138. The molecule has 0 aromatic heterocycles. The molecule has 0 radical (unpaired) electrons. The maximum absolute atomic E-state index is 12.0. The van der Waals surface area contributed by atoms with Gasteiger partial charge in [-0.25, -0.2) is 4.79 Å². The molecule has 0 heterocycles. The van der Waals surface area contributed by atoms with Gasteiger partial charge in [-0.1, -0.05) is 77.0 Å². The van der Waals surface area contributed by atoms with Crippen molar-refractivity contribution in [2.45, 2.75) is 90.7 Å². The predicted octanol–water partition coefficient (Wildman–Crippen LogP) is 4.30. The van der Waals surface area contributed by atoms with Crippen molar-refractivity contribution in [3.63, 3.8) is 0 Å². The molecule has 0 bridgehead atoms. The maximum Gasteiger partial charge on any atom is 0.331 e. The number of hydrogen-bond acceptors (Lipinski definition) is 4. The lowest BCUT2D eigenvalue weighted by atomic mass is 9.99. The Morgan fingerprint density at radius 3 is 2.46 bits per heavy atom. The van der Waals surface area contributed by atoms with E-state index in [1.54, 1.807) is 6.08 Å². The van der Waals surface area contributed by atoms with Crippen LogP contribution in [0.2, 0.25) is 0 Å². The topological polar surface area (TPSA) is 75.6 Å². The summed E-state index contributed by atoms with van der Waals surface area (Å²) in [6, 6.07) is -1.06. The minimum atomic E-state index is -1.06. The van der Waals surface area contributed by atoms with E-state index in [0.29, 0.717) is 0 Å². The number of nitrogens with one attached hydrogen (secondary N) is 1. The van der Waals surface area contributed by atoms with Gasteiger partial charge in [-0.05, 0) is 31.6 Å². The van der Waals surface area contributed by atoms with Crippen molar-refractivity contribution in [1.82, 2.24) is 5.32 Å². The van der Waals surface area contributed by atoms with Gasteiger partial charge < -0.3 is 15.2 Å². The average Bonchev–Trinajstić information content (AvgIpc) is 3.16. The molecule has 0 aromatic rings. The summed E-state index contributed by atoms with van der Waals surface area (Å²) in [5, 5.41) is 12.2. The van der Waals surface area contributed by atoms with Crippen LogP contribution in [-0.4, -0.2) is 35.7 Å². The van der Waals surface area contributed by atoms with Crippen molar-refractivity contribution in [3.8, 4) is 0 Å². The second kappa shape index (κ2) is 14.4. The highest BCUT2D eigenvalue weighted by molar-refractivity contribution is 5.91. The molecule has 2 N–H and O–H groups in total. The van der Waals surface area contributed by atoms with E-state index in [9.17, 15) is 14.7 Å². The molecule has 0 spiro atoms. The number of rotatable bonds is 13. The molecule has 1 saturated carbocycles. The van der Waals surface area contributed by atoms with Gasteiger partial charge in [0, 0.05) is 6.08 Å². The molecule has 5 nitrogen and oxygen atoms in total. The standard InChI is InChI=1S/C23H39NO4/c1-18(2)17-28-23(27)22(19(3)25)24-21(26)16-10-8-6-4-5-7-9-13-20-14-11-12-15-20/h6,8,10,16,18-20,22,25H,4-5,7,9,11-15,17H2,1-3H3,(H,24,26)/b8-6+,16-10+/t19-,22+/m1/s1. The van der Waals surface area contributed by atoms with E-state index in [4.69, 9.17) is 4.74 Å². The number of carbonyl (C=O) groups is 2. The third kappa shape index (κ3) is 11.3. The summed E-state index contributed by atoms with van der Waals surface area (Å²) >= 11 is 0. The van der Waals surface area contributed by atoms with Crippen LogP contribution in [0, 0.1) is 11.8 Å². The van der Waals surface area contributed by atoms with Crippen LogP contribution in [0.4, 0.5) is 0 Å². The highest BCUT2D eigenvalue weighted by Crippen LogP contribution is 2.29. The lowest BCUT2D eigenvalue weighted by Gasteiger charge is -2.19. The van der Waals surface area contributed by atoms with Crippen molar-refractivity contribution in [2.75, 3.05) is 6.61 Å². The van der Waals surface area contributed by atoms with Gasteiger partial charge in [-0.2, -0.15) is 0 Å². The Balaban J connectivity index is 2.19. The highest BCUT2D eigenvalue weighted by Gasteiger charge is 2.26. The molecule has 160 valence electrons. The predicted molar refractivity (Wildman–Crippen MR) is 113 cm³/mol. The van der Waals surface area contributed by atoms with Crippen LogP contribution < -0.4 is 5.32 Å². The zero-order valence-corrected chi connectivity index (χ0v) is 17.9. The van der Waals surface area contributed by atoms with Crippen LogP contribution in [-0.2, 0) is 14.3 Å². The molecule has 5 heteroatoms. The minimum Gasteiger partial charge on any atom is -0.464 e. The Hall–Kier alpha value is -1.62. The fraction of sp³-hybridized carbons (Fsp3) is 0.739. The molecule has 0 saturated heterocycles. The van der Waals surface area contributed by atoms with Crippen molar-refractivity contribution in [1.29, 1.82) is 0 Å². The van der Waals surface area contributed by atoms with E-state index in [1.807, 2.05) is 19.9 Å². The Labute approximate surface area is 170 Å². The quantitative estimate of drug-likeness (QED) is 0.212. The van der Waals surface area contributed by atoms with Crippen LogP contribution in [0.15, 0.2) is 24.3 Å². The second-order valence-corrected chi connectivity index (χ2v) is 8.33.